The van der Waals surface area contributed by atoms with Crippen LogP contribution in [0.1, 0.15) is 30.5 Å². The number of hydrogen-bond acceptors (Lipinski definition) is 3. The fraction of sp³-hybridized carbons (Fsp3) is 0.273. The Morgan fingerprint density at radius 1 is 1.07 bits per heavy atom. The Morgan fingerprint density at radius 2 is 1.74 bits per heavy atom. The molecule has 0 aliphatic carbocycles. The van der Waals surface area contributed by atoms with Gasteiger partial charge in [-0.15, -0.1) is 0 Å². The van der Waals surface area contributed by atoms with Crippen molar-refractivity contribution in [1.29, 1.82) is 0 Å². The van der Waals surface area contributed by atoms with Gasteiger partial charge in [0.2, 0.25) is 5.91 Å². The first-order valence-corrected chi connectivity index (χ1v) is 10.2. The predicted octanol–water partition coefficient (Wildman–Crippen LogP) is 5.04. The van der Waals surface area contributed by atoms with E-state index in [1.165, 1.54) is 34.1 Å². The van der Waals surface area contributed by atoms with Crippen molar-refractivity contribution >= 4 is 23.4 Å². The molecule has 1 N–H and O–H groups in total. The molecular weight excluding hydrogens is 354 g/mol. The molecule has 4 nitrogen and oxygen atoms in total. The number of aryl methyl sites for hydroxylation is 3. The molecule has 0 aliphatic heterocycles. The molecule has 0 spiro atoms. The van der Waals surface area contributed by atoms with E-state index >= 15 is 0 Å². The Kier molecular flexibility index (Phi) is 6.35. The Bertz CT molecular complexity index is 893. The lowest BCUT2D eigenvalue weighted by molar-refractivity contribution is -0.113. The first kappa shape index (κ1) is 19.2. The van der Waals surface area contributed by atoms with Gasteiger partial charge >= 0.3 is 0 Å². The molecule has 0 saturated heterocycles. The van der Waals surface area contributed by atoms with Crippen LogP contribution in [0.3, 0.4) is 0 Å². The molecule has 140 valence electrons. The van der Waals surface area contributed by atoms with Crippen LogP contribution in [0.4, 0.5) is 5.69 Å². The van der Waals surface area contributed by atoms with E-state index in [4.69, 9.17) is 0 Å². The van der Waals surface area contributed by atoms with Crippen LogP contribution in [0, 0.1) is 6.92 Å². The lowest BCUT2D eigenvalue weighted by Crippen LogP contribution is -2.14. The minimum Gasteiger partial charge on any atom is -0.325 e. The highest BCUT2D eigenvalue weighted by Gasteiger charge is 2.14. The molecule has 0 unspecified atom stereocenters. The minimum absolute atomic E-state index is 0.0297. The maximum atomic E-state index is 12.3. The van der Waals surface area contributed by atoms with Gasteiger partial charge in [0.1, 0.15) is 0 Å². The molecule has 0 radical (unpaired) electrons. The van der Waals surface area contributed by atoms with E-state index in [9.17, 15) is 4.79 Å². The zero-order chi connectivity index (χ0) is 19.2. The Balaban J connectivity index is 1.74. The molecule has 1 amide bonds. The summed E-state index contributed by atoms with van der Waals surface area (Å²) in [6.45, 7) is 6.36. The van der Waals surface area contributed by atoms with E-state index in [2.05, 4.69) is 46.9 Å². The number of aromatic nitrogens is 2. The maximum absolute atomic E-state index is 12.3. The number of nitrogens with zero attached hydrogens (tertiary/aromatic N) is 2. The highest BCUT2D eigenvalue weighted by atomic mass is 32.2. The Labute approximate surface area is 165 Å². The van der Waals surface area contributed by atoms with Crippen LogP contribution < -0.4 is 5.32 Å². The van der Waals surface area contributed by atoms with Crippen molar-refractivity contribution in [2.24, 2.45) is 0 Å². The number of thioether (sulfide) groups is 1. The summed E-state index contributed by atoms with van der Waals surface area (Å²) in [5.41, 5.74) is 5.77. The summed E-state index contributed by atoms with van der Waals surface area (Å²) in [4.78, 5) is 16.8. The second-order valence-electron chi connectivity index (χ2n) is 6.41. The van der Waals surface area contributed by atoms with E-state index in [1.807, 2.05) is 37.4 Å². The summed E-state index contributed by atoms with van der Waals surface area (Å²) in [6, 6.07) is 14.3. The topological polar surface area (TPSA) is 46.9 Å². The predicted molar refractivity (Wildman–Crippen MR) is 113 cm³/mol. The molecule has 1 heterocycles. The number of amides is 1. The summed E-state index contributed by atoms with van der Waals surface area (Å²) in [7, 11) is 0. The third kappa shape index (κ3) is 4.61. The zero-order valence-electron chi connectivity index (χ0n) is 16.0. The number of carbonyl (C=O) groups is 1. The van der Waals surface area contributed by atoms with Crippen molar-refractivity contribution in [3.8, 4) is 5.69 Å². The van der Waals surface area contributed by atoms with Gasteiger partial charge in [0.25, 0.3) is 0 Å². The highest BCUT2D eigenvalue weighted by Crippen LogP contribution is 2.27. The summed E-state index contributed by atoms with van der Waals surface area (Å²) in [5, 5.41) is 3.78. The van der Waals surface area contributed by atoms with Gasteiger partial charge in [-0.25, -0.2) is 4.98 Å². The molecule has 1 aromatic heterocycles. The first-order valence-electron chi connectivity index (χ1n) is 9.26. The number of imidazole rings is 1. The average Bonchev–Trinajstić information content (AvgIpc) is 3.15. The van der Waals surface area contributed by atoms with Gasteiger partial charge in [0, 0.05) is 18.1 Å². The van der Waals surface area contributed by atoms with Crippen molar-refractivity contribution in [3.05, 3.63) is 71.5 Å². The Morgan fingerprint density at radius 3 is 2.37 bits per heavy atom. The normalized spacial score (nSPS) is 10.8. The molecule has 0 fully saturated rings. The molecule has 2 aromatic carbocycles. The van der Waals surface area contributed by atoms with Gasteiger partial charge in [0.15, 0.2) is 5.16 Å². The smallest absolute Gasteiger partial charge is 0.234 e. The lowest BCUT2D eigenvalue weighted by atomic mass is 10.0. The number of nitrogens with one attached hydrogen (secondary N) is 1. The van der Waals surface area contributed by atoms with Crippen molar-refractivity contribution in [2.75, 3.05) is 11.1 Å². The minimum atomic E-state index is -0.0297. The lowest BCUT2D eigenvalue weighted by Gasteiger charge is -2.16. The van der Waals surface area contributed by atoms with E-state index in [0.717, 1.165) is 23.7 Å². The molecule has 3 rings (SSSR count). The number of rotatable bonds is 7. The molecule has 0 atom stereocenters. The van der Waals surface area contributed by atoms with Gasteiger partial charge < -0.3 is 5.32 Å². The second kappa shape index (κ2) is 8.91. The quantitative estimate of drug-likeness (QED) is 0.585. The van der Waals surface area contributed by atoms with Crippen LogP contribution in [-0.2, 0) is 17.6 Å². The molecule has 0 bridgehead atoms. The number of anilines is 1. The van der Waals surface area contributed by atoms with Crippen molar-refractivity contribution < 1.29 is 4.79 Å². The third-order valence-corrected chi connectivity index (χ3v) is 5.45. The van der Waals surface area contributed by atoms with Crippen LogP contribution in [0.5, 0.6) is 0 Å². The van der Waals surface area contributed by atoms with Crippen LogP contribution in [0.15, 0.2) is 60.0 Å². The van der Waals surface area contributed by atoms with Crippen molar-refractivity contribution in [1.82, 2.24) is 9.55 Å². The molecule has 0 aliphatic rings. The van der Waals surface area contributed by atoms with Crippen LogP contribution in [-0.4, -0.2) is 21.2 Å². The molecule has 3 aromatic rings. The maximum Gasteiger partial charge on any atom is 0.234 e. The van der Waals surface area contributed by atoms with E-state index in [-0.39, 0.29) is 5.91 Å². The van der Waals surface area contributed by atoms with Gasteiger partial charge in [-0.3, -0.25) is 9.36 Å². The first-order chi connectivity index (χ1) is 13.1. The second-order valence-corrected chi connectivity index (χ2v) is 7.36. The van der Waals surface area contributed by atoms with Gasteiger partial charge in [-0.05, 0) is 43.0 Å². The largest absolute Gasteiger partial charge is 0.325 e. The third-order valence-electron chi connectivity index (χ3n) is 4.48. The summed E-state index contributed by atoms with van der Waals surface area (Å²) in [5.74, 6) is 0.290. The molecule has 5 heteroatoms. The number of para-hydroxylation sites is 1. The molecular formula is C22H25N3OS. The Hall–Kier alpha value is -2.53. The van der Waals surface area contributed by atoms with Crippen LogP contribution in [0.25, 0.3) is 5.69 Å². The van der Waals surface area contributed by atoms with E-state index in [0.29, 0.717) is 5.75 Å². The zero-order valence-corrected chi connectivity index (χ0v) is 16.8. The van der Waals surface area contributed by atoms with Gasteiger partial charge in [-0.2, -0.15) is 0 Å². The number of benzene rings is 2. The van der Waals surface area contributed by atoms with Crippen LogP contribution in [0.2, 0.25) is 0 Å². The van der Waals surface area contributed by atoms with E-state index in [1.54, 1.807) is 6.20 Å². The fourth-order valence-corrected chi connectivity index (χ4v) is 3.81. The monoisotopic (exact) mass is 379 g/mol. The van der Waals surface area contributed by atoms with Gasteiger partial charge in [-0.1, -0.05) is 61.5 Å². The summed E-state index contributed by atoms with van der Waals surface area (Å²) in [6.07, 6.45) is 5.69. The van der Waals surface area contributed by atoms with Gasteiger partial charge in [0.05, 0.1) is 11.4 Å². The fourth-order valence-electron chi connectivity index (χ4n) is 3.06. The van der Waals surface area contributed by atoms with Crippen molar-refractivity contribution in [2.45, 2.75) is 38.8 Å². The highest BCUT2D eigenvalue weighted by molar-refractivity contribution is 7.99. The number of carbonyl (C=O) groups excluding carboxylic acids is 1. The molecule has 27 heavy (non-hydrogen) atoms. The average molecular weight is 380 g/mol. The summed E-state index contributed by atoms with van der Waals surface area (Å²) < 4.78 is 2.11. The van der Waals surface area contributed by atoms with E-state index < -0.39 is 0 Å². The van der Waals surface area contributed by atoms with Crippen LogP contribution >= 0.6 is 11.8 Å². The SMILES string of the molecule is CCc1cccc(CC)c1-n1ccnc1SCC(=O)Nc1ccc(C)cc1. The number of hydrogen-bond donors (Lipinski definition) is 1. The molecule has 0 saturated carbocycles. The standard InChI is InChI=1S/C22H25N3OS/c1-4-17-7-6-8-18(5-2)21(17)25-14-13-23-22(25)27-15-20(26)24-19-11-9-16(3)10-12-19/h6-14H,4-5,15H2,1-3H3,(H,24,26). The summed E-state index contributed by atoms with van der Waals surface area (Å²) >= 11 is 1.46. The van der Waals surface area contributed by atoms with Crippen molar-refractivity contribution in [3.63, 3.8) is 0 Å².